The summed E-state index contributed by atoms with van der Waals surface area (Å²) in [4.78, 5) is 0. The minimum atomic E-state index is 0.257. The maximum absolute atomic E-state index is 5.79. The summed E-state index contributed by atoms with van der Waals surface area (Å²) >= 11 is 0. The normalized spacial score (nSPS) is 11.0. The summed E-state index contributed by atoms with van der Waals surface area (Å²) in [5, 5.41) is 3.39. The first-order chi connectivity index (χ1) is 10.2. The van der Waals surface area contributed by atoms with Gasteiger partial charge in [0.1, 0.15) is 12.4 Å². The molecule has 0 heterocycles. The minimum Gasteiger partial charge on any atom is -0.491 e. The third-order valence-corrected chi connectivity index (χ3v) is 2.88. The highest BCUT2D eigenvalue weighted by atomic mass is 16.5. The van der Waals surface area contributed by atoms with Gasteiger partial charge in [-0.2, -0.15) is 0 Å². The van der Waals surface area contributed by atoms with Crippen LogP contribution in [0.2, 0.25) is 0 Å². The summed E-state index contributed by atoms with van der Waals surface area (Å²) in [6.07, 6.45) is 1.39. The smallest absolute Gasteiger partial charge is 0.123 e. The summed E-state index contributed by atoms with van der Waals surface area (Å²) in [6.45, 7) is 10.5. The van der Waals surface area contributed by atoms with Gasteiger partial charge >= 0.3 is 0 Å². The van der Waals surface area contributed by atoms with E-state index in [1.165, 1.54) is 5.56 Å². The SMILES string of the molecule is CCCNCc1ccccc1OCCOCCOC(C)C. The van der Waals surface area contributed by atoms with E-state index in [0.717, 1.165) is 25.3 Å². The van der Waals surface area contributed by atoms with E-state index in [1.54, 1.807) is 0 Å². The topological polar surface area (TPSA) is 39.7 Å². The standard InChI is InChI=1S/C17H29NO3/c1-4-9-18-14-16-7-5-6-8-17(16)21-13-11-19-10-12-20-15(2)3/h5-8,15,18H,4,9-14H2,1-3H3. The molecule has 1 aromatic rings. The third kappa shape index (κ3) is 8.71. The van der Waals surface area contributed by atoms with Crippen LogP contribution in [0, 0.1) is 0 Å². The molecule has 0 atom stereocenters. The van der Waals surface area contributed by atoms with E-state index in [0.29, 0.717) is 26.4 Å². The Bertz CT molecular complexity index is 369. The average Bonchev–Trinajstić information content (AvgIpc) is 2.47. The fourth-order valence-electron chi connectivity index (χ4n) is 1.85. The summed E-state index contributed by atoms with van der Waals surface area (Å²) in [5.41, 5.74) is 1.19. The first kappa shape index (κ1) is 18.0. The molecule has 1 N–H and O–H groups in total. The Labute approximate surface area is 128 Å². The fraction of sp³-hybridized carbons (Fsp3) is 0.647. The lowest BCUT2D eigenvalue weighted by Crippen LogP contribution is -2.16. The van der Waals surface area contributed by atoms with Gasteiger partial charge < -0.3 is 19.5 Å². The number of rotatable bonds is 12. The number of para-hydroxylation sites is 1. The van der Waals surface area contributed by atoms with Crippen molar-refractivity contribution in [3.05, 3.63) is 29.8 Å². The van der Waals surface area contributed by atoms with Crippen LogP contribution >= 0.6 is 0 Å². The van der Waals surface area contributed by atoms with Gasteiger partial charge in [0.2, 0.25) is 0 Å². The van der Waals surface area contributed by atoms with Crippen molar-refractivity contribution in [3.63, 3.8) is 0 Å². The second-order valence-corrected chi connectivity index (χ2v) is 5.16. The molecule has 0 saturated carbocycles. The Morgan fingerprint density at radius 1 is 1.05 bits per heavy atom. The Morgan fingerprint density at radius 2 is 1.81 bits per heavy atom. The number of ether oxygens (including phenoxy) is 3. The van der Waals surface area contributed by atoms with Crippen LogP contribution < -0.4 is 10.1 Å². The fourth-order valence-corrected chi connectivity index (χ4v) is 1.85. The van der Waals surface area contributed by atoms with E-state index >= 15 is 0 Å². The van der Waals surface area contributed by atoms with Crippen LogP contribution in [0.1, 0.15) is 32.8 Å². The summed E-state index contributed by atoms with van der Waals surface area (Å²) < 4.78 is 16.7. The van der Waals surface area contributed by atoms with Crippen molar-refractivity contribution >= 4 is 0 Å². The van der Waals surface area contributed by atoms with Gasteiger partial charge in [-0.25, -0.2) is 0 Å². The number of nitrogens with one attached hydrogen (secondary N) is 1. The Morgan fingerprint density at radius 3 is 2.57 bits per heavy atom. The van der Waals surface area contributed by atoms with E-state index in [2.05, 4.69) is 18.3 Å². The molecule has 0 unspecified atom stereocenters. The van der Waals surface area contributed by atoms with Gasteiger partial charge in [-0.15, -0.1) is 0 Å². The molecule has 0 fully saturated rings. The molecule has 4 heteroatoms. The lowest BCUT2D eigenvalue weighted by molar-refractivity contribution is 0.0124. The first-order valence-electron chi connectivity index (χ1n) is 7.84. The van der Waals surface area contributed by atoms with Crippen molar-refractivity contribution in [1.82, 2.24) is 5.32 Å². The Hall–Kier alpha value is -1.10. The molecule has 0 aliphatic heterocycles. The maximum Gasteiger partial charge on any atom is 0.123 e. The molecule has 0 spiro atoms. The van der Waals surface area contributed by atoms with Crippen molar-refractivity contribution in [3.8, 4) is 5.75 Å². The Kier molecular flexibility index (Phi) is 9.87. The van der Waals surface area contributed by atoms with Crippen molar-refractivity contribution < 1.29 is 14.2 Å². The predicted octanol–water partition coefficient (Wildman–Crippen LogP) is 3.01. The van der Waals surface area contributed by atoms with Gasteiger partial charge in [-0.3, -0.25) is 0 Å². The zero-order valence-corrected chi connectivity index (χ0v) is 13.6. The number of benzene rings is 1. The summed E-state index contributed by atoms with van der Waals surface area (Å²) in [7, 11) is 0. The van der Waals surface area contributed by atoms with Crippen molar-refractivity contribution in [2.45, 2.75) is 39.8 Å². The zero-order valence-electron chi connectivity index (χ0n) is 13.6. The molecule has 21 heavy (non-hydrogen) atoms. The monoisotopic (exact) mass is 295 g/mol. The minimum absolute atomic E-state index is 0.257. The summed E-state index contributed by atoms with van der Waals surface area (Å²) in [6, 6.07) is 8.13. The highest BCUT2D eigenvalue weighted by molar-refractivity contribution is 5.33. The van der Waals surface area contributed by atoms with Crippen LogP contribution in [0.5, 0.6) is 5.75 Å². The highest BCUT2D eigenvalue weighted by Crippen LogP contribution is 2.17. The summed E-state index contributed by atoms with van der Waals surface area (Å²) in [5.74, 6) is 0.933. The zero-order chi connectivity index (χ0) is 15.3. The lowest BCUT2D eigenvalue weighted by atomic mass is 10.2. The van der Waals surface area contributed by atoms with Crippen LogP contribution in [0.15, 0.2) is 24.3 Å². The largest absolute Gasteiger partial charge is 0.491 e. The van der Waals surface area contributed by atoms with Gasteiger partial charge in [0.05, 0.1) is 25.9 Å². The predicted molar refractivity (Wildman–Crippen MR) is 85.8 cm³/mol. The van der Waals surface area contributed by atoms with Crippen molar-refractivity contribution in [2.75, 3.05) is 33.0 Å². The third-order valence-electron chi connectivity index (χ3n) is 2.88. The van der Waals surface area contributed by atoms with Gasteiger partial charge in [0.15, 0.2) is 0 Å². The molecule has 4 nitrogen and oxygen atoms in total. The molecule has 0 amide bonds. The molecule has 0 saturated heterocycles. The van der Waals surface area contributed by atoms with E-state index in [1.807, 2.05) is 32.0 Å². The average molecular weight is 295 g/mol. The van der Waals surface area contributed by atoms with E-state index < -0.39 is 0 Å². The van der Waals surface area contributed by atoms with Gasteiger partial charge in [0.25, 0.3) is 0 Å². The van der Waals surface area contributed by atoms with Gasteiger partial charge in [-0.1, -0.05) is 25.1 Å². The molecule has 0 aromatic heterocycles. The maximum atomic E-state index is 5.79. The first-order valence-corrected chi connectivity index (χ1v) is 7.84. The van der Waals surface area contributed by atoms with Crippen LogP contribution in [-0.4, -0.2) is 39.1 Å². The number of hydrogen-bond acceptors (Lipinski definition) is 4. The highest BCUT2D eigenvalue weighted by Gasteiger charge is 2.02. The molecule has 0 aliphatic carbocycles. The van der Waals surface area contributed by atoms with Crippen molar-refractivity contribution in [1.29, 1.82) is 0 Å². The quantitative estimate of drug-likeness (QED) is 0.602. The molecule has 120 valence electrons. The van der Waals surface area contributed by atoms with Crippen LogP contribution in [0.4, 0.5) is 0 Å². The van der Waals surface area contributed by atoms with Crippen LogP contribution in [-0.2, 0) is 16.0 Å². The molecule has 1 rings (SSSR count). The second-order valence-electron chi connectivity index (χ2n) is 5.16. The molecular weight excluding hydrogens is 266 g/mol. The molecule has 1 aromatic carbocycles. The van der Waals surface area contributed by atoms with Crippen molar-refractivity contribution in [2.24, 2.45) is 0 Å². The van der Waals surface area contributed by atoms with Crippen LogP contribution in [0.25, 0.3) is 0 Å². The molecule has 0 radical (unpaired) electrons. The van der Waals surface area contributed by atoms with Gasteiger partial charge in [-0.05, 0) is 32.9 Å². The molecule has 0 aliphatic rings. The molecular formula is C17H29NO3. The lowest BCUT2D eigenvalue weighted by Gasteiger charge is -2.12. The molecule has 0 bridgehead atoms. The van der Waals surface area contributed by atoms with E-state index in [9.17, 15) is 0 Å². The van der Waals surface area contributed by atoms with Crippen LogP contribution in [0.3, 0.4) is 0 Å². The number of hydrogen-bond donors (Lipinski definition) is 1. The second kappa shape index (κ2) is 11.5. The van der Waals surface area contributed by atoms with E-state index in [-0.39, 0.29) is 6.10 Å². The van der Waals surface area contributed by atoms with E-state index in [4.69, 9.17) is 14.2 Å². The Balaban J connectivity index is 2.19. The van der Waals surface area contributed by atoms with Gasteiger partial charge in [0, 0.05) is 12.1 Å².